The van der Waals surface area contributed by atoms with Crippen molar-refractivity contribution in [3.05, 3.63) is 29.8 Å². The highest BCUT2D eigenvalue weighted by Gasteiger charge is 2.17. The van der Waals surface area contributed by atoms with Crippen molar-refractivity contribution in [2.75, 3.05) is 33.4 Å². The van der Waals surface area contributed by atoms with Gasteiger partial charge >= 0.3 is 0 Å². The molecule has 1 unspecified atom stereocenters. The maximum atomic E-state index is 9.61. The molecule has 1 N–H and O–H groups in total. The Morgan fingerprint density at radius 2 is 2.06 bits per heavy atom. The predicted octanol–water partition coefficient (Wildman–Crippen LogP) is 2.26. The van der Waals surface area contributed by atoms with Crippen molar-refractivity contribution in [1.82, 2.24) is 4.90 Å². The Bertz CT molecular complexity index is 361. The van der Waals surface area contributed by atoms with Crippen LogP contribution in [0.25, 0.3) is 0 Å². The molecule has 3 nitrogen and oxygen atoms in total. The lowest BCUT2D eigenvalue weighted by Crippen LogP contribution is -2.34. The monoisotopic (exact) mass is 249 g/mol. The van der Waals surface area contributed by atoms with Crippen LogP contribution in [0.1, 0.15) is 30.7 Å². The summed E-state index contributed by atoms with van der Waals surface area (Å²) in [6.07, 6.45) is 3.92. The highest BCUT2D eigenvalue weighted by atomic mass is 16.5. The van der Waals surface area contributed by atoms with Gasteiger partial charge in [-0.1, -0.05) is 18.6 Å². The van der Waals surface area contributed by atoms with E-state index in [2.05, 4.69) is 11.0 Å². The zero-order chi connectivity index (χ0) is 12.8. The Morgan fingerprint density at radius 1 is 1.28 bits per heavy atom. The molecule has 18 heavy (non-hydrogen) atoms. The van der Waals surface area contributed by atoms with Crippen LogP contribution in [-0.2, 0) is 0 Å². The molecule has 0 radical (unpaired) electrons. The van der Waals surface area contributed by atoms with E-state index in [1.54, 1.807) is 7.11 Å². The van der Waals surface area contributed by atoms with E-state index in [9.17, 15) is 5.11 Å². The Hall–Kier alpha value is -1.06. The van der Waals surface area contributed by atoms with E-state index < -0.39 is 0 Å². The summed E-state index contributed by atoms with van der Waals surface area (Å²) in [7, 11) is 1.68. The average molecular weight is 249 g/mol. The van der Waals surface area contributed by atoms with Crippen LogP contribution in [0.2, 0.25) is 0 Å². The molecular weight excluding hydrogens is 226 g/mol. The van der Waals surface area contributed by atoms with E-state index in [0.717, 1.165) is 12.3 Å². The Kier molecular flexibility index (Phi) is 5.02. The van der Waals surface area contributed by atoms with Crippen LogP contribution in [-0.4, -0.2) is 43.4 Å². The number of rotatable bonds is 5. The lowest BCUT2D eigenvalue weighted by atomic mass is 9.98. The number of ether oxygens (including phenoxy) is 1. The zero-order valence-electron chi connectivity index (χ0n) is 11.1. The predicted molar refractivity (Wildman–Crippen MR) is 73.1 cm³/mol. The van der Waals surface area contributed by atoms with E-state index in [4.69, 9.17) is 4.74 Å². The molecular formula is C15H23NO2. The topological polar surface area (TPSA) is 32.7 Å². The van der Waals surface area contributed by atoms with Gasteiger partial charge in [0.25, 0.3) is 0 Å². The van der Waals surface area contributed by atoms with Gasteiger partial charge in [-0.05, 0) is 43.6 Å². The maximum Gasteiger partial charge on any atom is 0.119 e. The second-order valence-corrected chi connectivity index (χ2v) is 5.02. The fraction of sp³-hybridized carbons (Fsp3) is 0.600. The average Bonchev–Trinajstić information content (AvgIpc) is 2.46. The van der Waals surface area contributed by atoms with Gasteiger partial charge in [0.15, 0.2) is 0 Å². The number of methoxy groups -OCH3 is 1. The van der Waals surface area contributed by atoms with Crippen LogP contribution in [0.5, 0.6) is 5.75 Å². The second-order valence-electron chi connectivity index (χ2n) is 5.02. The van der Waals surface area contributed by atoms with Gasteiger partial charge < -0.3 is 14.7 Å². The third-order valence-corrected chi connectivity index (χ3v) is 3.71. The minimum absolute atomic E-state index is 0.193. The summed E-state index contributed by atoms with van der Waals surface area (Å²) in [6.45, 7) is 3.48. The number of aliphatic hydroxyl groups excluding tert-OH is 1. The normalized spacial score (nSPS) is 18.6. The van der Waals surface area contributed by atoms with Crippen molar-refractivity contribution in [3.8, 4) is 5.75 Å². The summed E-state index contributed by atoms with van der Waals surface area (Å²) in [5, 5.41) is 9.61. The summed E-state index contributed by atoms with van der Waals surface area (Å²) in [4.78, 5) is 2.46. The molecule has 0 saturated carbocycles. The molecule has 100 valence electrons. The number of aliphatic hydroxyl groups is 1. The minimum atomic E-state index is 0.193. The molecule has 1 saturated heterocycles. The van der Waals surface area contributed by atoms with E-state index in [0.29, 0.717) is 0 Å². The fourth-order valence-electron chi connectivity index (χ4n) is 2.62. The van der Waals surface area contributed by atoms with Gasteiger partial charge in [-0.2, -0.15) is 0 Å². The van der Waals surface area contributed by atoms with Gasteiger partial charge in [-0.15, -0.1) is 0 Å². The molecule has 1 aromatic carbocycles. The SMILES string of the molecule is COc1cccc(C(CO)CN2CCCCC2)c1. The third kappa shape index (κ3) is 3.47. The molecule has 2 rings (SSSR count). The van der Waals surface area contributed by atoms with Crippen LogP contribution in [0.15, 0.2) is 24.3 Å². The first-order valence-corrected chi connectivity index (χ1v) is 6.80. The molecule has 1 atom stereocenters. The molecule has 0 spiro atoms. The molecule has 1 aliphatic rings. The molecule has 1 aromatic rings. The van der Waals surface area contributed by atoms with Gasteiger partial charge in [0.05, 0.1) is 13.7 Å². The van der Waals surface area contributed by atoms with Gasteiger partial charge in [0, 0.05) is 12.5 Å². The van der Waals surface area contributed by atoms with Crippen LogP contribution in [0.3, 0.4) is 0 Å². The number of benzene rings is 1. The summed E-state index contributed by atoms with van der Waals surface area (Å²) >= 11 is 0. The van der Waals surface area contributed by atoms with E-state index in [1.807, 2.05) is 18.2 Å². The molecule has 1 aliphatic heterocycles. The lowest BCUT2D eigenvalue weighted by Gasteiger charge is -2.30. The number of piperidine rings is 1. The second kappa shape index (κ2) is 6.76. The van der Waals surface area contributed by atoms with E-state index >= 15 is 0 Å². The Balaban J connectivity index is 2.02. The van der Waals surface area contributed by atoms with Crippen molar-refractivity contribution in [2.45, 2.75) is 25.2 Å². The fourth-order valence-corrected chi connectivity index (χ4v) is 2.62. The van der Waals surface area contributed by atoms with Crippen molar-refractivity contribution in [2.24, 2.45) is 0 Å². The van der Waals surface area contributed by atoms with Gasteiger partial charge in [0.1, 0.15) is 5.75 Å². The number of nitrogens with zero attached hydrogens (tertiary/aromatic N) is 1. The molecule has 1 heterocycles. The van der Waals surface area contributed by atoms with Crippen molar-refractivity contribution < 1.29 is 9.84 Å². The van der Waals surface area contributed by atoms with Crippen molar-refractivity contribution in [1.29, 1.82) is 0 Å². The van der Waals surface area contributed by atoms with Gasteiger partial charge in [-0.3, -0.25) is 0 Å². The van der Waals surface area contributed by atoms with Crippen LogP contribution >= 0.6 is 0 Å². The Labute approximate surface area is 109 Å². The van der Waals surface area contributed by atoms with E-state index in [-0.39, 0.29) is 12.5 Å². The quantitative estimate of drug-likeness (QED) is 0.869. The summed E-state index contributed by atoms with van der Waals surface area (Å²) in [5.74, 6) is 1.06. The van der Waals surface area contributed by atoms with E-state index in [1.165, 1.54) is 37.9 Å². The molecule has 0 aliphatic carbocycles. The van der Waals surface area contributed by atoms with Gasteiger partial charge in [-0.25, -0.2) is 0 Å². The highest BCUT2D eigenvalue weighted by Crippen LogP contribution is 2.22. The first-order chi connectivity index (χ1) is 8.83. The molecule has 0 bridgehead atoms. The zero-order valence-corrected chi connectivity index (χ0v) is 11.1. The molecule has 1 fully saturated rings. The minimum Gasteiger partial charge on any atom is -0.497 e. The Morgan fingerprint density at radius 3 is 2.72 bits per heavy atom. The van der Waals surface area contributed by atoms with Crippen LogP contribution in [0.4, 0.5) is 0 Å². The summed E-state index contributed by atoms with van der Waals surface area (Å²) in [5.41, 5.74) is 1.17. The molecule has 3 heteroatoms. The number of hydrogen-bond donors (Lipinski definition) is 1. The maximum absolute atomic E-state index is 9.61. The standard InChI is InChI=1S/C15H23NO2/c1-18-15-7-5-6-13(10-15)14(12-17)11-16-8-3-2-4-9-16/h5-7,10,14,17H,2-4,8-9,11-12H2,1H3. The first-order valence-electron chi connectivity index (χ1n) is 6.80. The van der Waals surface area contributed by atoms with Crippen molar-refractivity contribution >= 4 is 0 Å². The van der Waals surface area contributed by atoms with Crippen LogP contribution in [0, 0.1) is 0 Å². The third-order valence-electron chi connectivity index (χ3n) is 3.71. The smallest absolute Gasteiger partial charge is 0.119 e. The van der Waals surface area contributed by atoms with Gasteiger partial charge in [0.2, 0.25) is 0 Å². The van der Waals surface area contributed by atoms with Crippen LogP contribution < -0.4 is 4.74 Å². The van der Waals surface area contributed by atoms with Crippen molar-refractivity contribution in [3.63, 3.8) is 0 Å². The highest BCUT2D eigenvalue weighted by molar-refractivity contribution is 5.31. The lowest BCUT2D eigenvalue weighted by molar-refractivity contribution is 0.178. The molecule has 0 amide bonds. The summed E-state index contributed by atoms with van der Waals surface area (Å²) < 4.78 is 5.24. The summed E-state index contributed by atoms with van der Waals surface area (Å²) in [6, 6.07) is 8.05. The number of likely N-dealkylation sites (tertiary alicyclic amines) is 1. The largest absolute Gasteiger partial charge is 0.497 e. The number of hydrogen-bond acceptors (Lipinski definition) is 3. The molecule has 0 aromatic heterocycles. The first kappa shape index (κ1) is 13.4.